The zero-order chi connectivity index (χ0) is 18.0. The Kier molecular flexibility index (Phi) is 5.57. The molecule has 1 saturated carbocycles. The Bertz CT molecular complexity index is 579. The Labute approximate surface area is 138 Å². The molecule has 0 heterocycles. The first-order valence-electron chi connectivity index (χ1n) is 7.04. The van der Waals surface area contributed by atoms with Gasteiger partial charge in [0.15, 0.2) is 0 Å². The SMILES string of the molecule is C/C=C1\C[C@]1(NC(=O)OC(C)(C)C)C(=O)NS(=O)C(=O)N(C)C. The van der Waals surface area contributed by atoms with E-state index >= 15 is 0 Å². The molecule has 23 heavy (non-hydrogen) atoms. The molecule has 130 valence electrons. The van der Waals surface area contributed by atoms with E-state index in [1.165, 1.54) is 14.1 Å². The van der Waals surface area contributed by atoms with E-state index in [1.54, 1.807) is 33.8 Å². The van der Waals surface area contributed by atoms with Crippen LogP contribution in [-0.4, -0.2) is 51.6 Å². The van der Waals surface area contributed by atoms with Crippen LogP contribution in [0.15, 0.2) is 11.6 Å². The van der Waals surface area contributed by atoms with E-state index in [-0.39, 0.29) is 6.42 Å². The number of allylic oxidation sites excluding steroid dienone is 1. The van der Waals surface area contributed by atoms with Crippen molar-refractivity contribution < 1.29 is 23.3 Å². The molecule has 2 N–H and O–H groups in total. The third-order valence-corrected chi connectivity index (χ3v) is 4.09. The quantitative estimate of drug-likeness (QED) is 0.728. The van der Waals surface area contributed by atoms with Crippen LogP contribution in [0.2, 0.25) is 0 Å². The first-order chi connectivity index (χ1) is 10.4. The molecule has 0 aromatic rings. The van der Waals surface area contributed by atoms with Crippen LogP contribution in [0.3, 0.4) is 0 Å². The standard InChI is InChI=1S/C14H23N3O5S/c1-7-9-8-14(9,15-11(19)22-13(2,3)4)10(18)16-23(21)12(20)17(5)6/h7H,8H2,1-6H3,(H,15,19)(H,16,18)/b9-7+/t14-,23?/m1/s1. The largest absolute Gasteiger partial charge is 0.444 e. The Morgan fingerprint density at radius 2 is 1.87 bits per heavy atom. The van der Waals surface area contributed by atoms with Gasteiger partial charge in [-0.05, 0) is 33.3 Å². The highest BCUT2D eigenvalue weighted by molar-refractivity contribution is 7.98. The number of ether oxygens (including phenoxy) is 1. The van der Waals surface area contributed by atoms with Crippen LogP contribution in [0, 0.1) is 0 Å². The highest BCUT2D eigenvalue weighted by atomic mass is 32.2. The van der Waals surface area contributed by atoms with Gasteiger partial charge in [0.1, 0.15) is 11.1 Å². The highest BCUT2D eigenvalue weighted by Gasteiger charge is 2.57. The second-order valence-electron chi connectivity index (χ2n) is 6.38. The zero-order valence-electron chi connectivity index (χ0n) is 14.2. The molecule has 2 atom stereocenters. The number of nitrogens with one attached hydrogen (secondary N) is 2. The topological polar surface area (TPSA) is 105 Å². The summed E-state index contributed by atoms with van der Waals surface area (Å²) in [6.07, 6.45) is 1.21. The second-order valence-corrected chi connectivity index (χ2v) is 7.47. The van der Waals surface area contributed by atoms with Gasteiger partial charge < -0.3 is 15.0 Å². The molecule has 0 spiro atoms. The first kappa shape index (κ1) is 19.1. The number of hydrogen-bond acceptors (Lipinski definition) is 5. The van der Waals surface area contributed by atoms with Gasteiger partial charge in [-0.2, -0.15) is 0 Å². The van der Waals surface area contributed by atoms with Crippen molar-refractivity contribution in [1.82, 2.24) is 14.9 Å². The molecule has 8 nitrogen and oxygen atoms in total. The molecule has 0 aromatic heterocycles. The molecule has 0 saturated heterocycles. The molecule has 0 radical (unpaired) electrons. The predicted molar refractivity (Wildman–Crippen MR) is 85.8 cm³/mol. The fourth-order valence-corrected chi connectivity index (χ4v) is 2.62. The zero-order valence-corrected chi connectivity index (χ0v) is 15.0. The summed E-state index contributed by atoms with van der Waals surface area (Å²) >= 11 is 0. The summed E-state index contributed by atoms with van der Waals surface area (Å²) in [6.45, 7) is 6.83. The van der Waals surface area contributed by atoms with Crippen LogP contribution in [0.4, 0.5) is 9.59 Å². The molecular weight excluding hydrogens is 322 g/mol. The lowest BCUT2D eigenvalue weighted by atomic mass is 10.2. The summed E-state index contributed by atoms with van der Waals surface area (Å²) in [6, 6.07) is 0. The Morgan fingerprint density at radius 3 is 2.26 bits per heavy atom. The molecule has 3 amide bonds. The Hall–Kier alpha value is -1.90. The first-order valence-corrected chi connectivity index (χ1v) is 8.19. The average molecular weight is 345 g/mol. The maximum atomic E-state index is 12.3. The summed E-state index contributed by atoms with van der Waals surface area (Å²) in [5.74, 6) is -0.704. The van der Waals surface area contributed by atoms with Crippen molar-refractivity contribution in [1.29, 1.82) is 0 Å². The van der Waals surface area contributed by atoms with Crippen LogP contribution >= 0.6 is 0 Å². The van der Waals surface area contributed by atoms with E-state index in [4.69, 9.17) is 4.74 Å². The van der Waals surface area contributed by atoms with E-state index in [9.17, 15) is 18.6 Å². The summed E-state index contributed by atoms with van der Waals surface area (Å²) in [4.78, 5) is 36.9. The molecule has 9 heteroatoms. The summed E-state index contributed by atoms with van der Waals surface area (Å²) < 4.78 is 19.1. The number of hydrogen-bond donors (Lipinski definition) is 2. The number of amides is 3. The molecular formula is C14H23N3O5S. The molecule has 0 aromatic carbocycles. The normalized spacial score (nSPS) is 23.0. The van der Waals surface area contributed by atoms with E-state index in [1.807, 2.05) is 0 Å². The van der Waals surface area contributed by atoms with Gasteiger partial charge in [-0.15, -0.1) is 0 Å². The molecule has 0 aliphatic heterocycles. The third-order valence-electron chi connectivity index (χ3n) is 3.04. The van der Waals surface area contributed by atoms with Crippen molar-refractivity contribution in [2.75, 3.05) is 14.1 Å². The van der Waals surface area contributed by atoms with Crippen molar-refractivity contribution in [2.45, 2.75) is 45.3 Å². The summed E-state index contributed by atoms with van der Waals surface area (Å²) in [7, 11) is 0.638. The van der Waals surface area contributed by atoms with Crippen molar-refractivity contribution in [3.05, 3.63) is 11.6 Å². The van der Waals surface area contributed by atoms with E-state index in [0.29, 0.717) is 5.57 Å². The third kappa shape index (κ3) is 4.78. The molecule has 1 unspecified atom stereocenters. The lowest BCUT2D eigenvalue weighted by Gasteiger charge is -2.23. The maximum Gasteiger partial charge on any atom is 0.408 e. The van der Waals surface area contributed by atoms with Crippen LogP contribution in [-0.2, 0) is 20.5 Å². The van der Waals surface area contributed by atoms with Gasteiger partial charge in [0.2, 0.25) is 11.0 Å². The van der Waals surface area contributed by atoms with Crippen LogP contribution < -0.4 is 10.0 Å². The molecule has 1 rings (SSSR count). The van der Waals surface area contributed by atoms with Crippen molar-refractivity contribution in [3.8, 4) is 0 Å². The molecule has 1 aliphatic rings. The van der Waals surface area contributed by atoms with Gasteiger partial charge >= 0.3 is 11.3 Å². The van der Waals surface area contributed by atoms with Crippen molar-refractivity contribution in [2.24, 2.45) is 0 Å². The fourth-order valence-electron chi connectivity index (χ4n) is 1.86. The van der Waals surface area contributed by atoms with Gasteiger partial charge in [-0.3, -0.25) is 14.3 Å². The van der Waals surface area contributed by atoms with Crippen LogP contribution in [0.5, 0.6) is 0 Å². The summed E-state index contributed by atoms with van der Waals surface area (Å²) in [5.41, 5.74) is -1.36. The smallest absolute Gasteiger partial charge is 0.408 e. The lowest BCUT2D eigenvalue weighted by molar-refractivity contribution is -0.121. The Balaban J connectivity index is 2.83. The fraction of sp³-hybridized carbons (Fsp3) is 0.643. The van der Waals surface area contributed by atoms with Crippen molar-refractivity contribution >= 4 is 28.2 Å². The Morgan fingerprint density at radius 1 is 1.30 bits per heavy atom. The van der Waals surface area contributed by atoms with E-state index < -0.39 is 39.4 Å². The van der Waals surface area contributed by atoms with Gasteiger partial charge in [-0.25, -0.2) is 9.00 Å². The van der Waals surface area contributed by atoms with Crippen LogP contribution in [0.25, 0.3) is 0 Å². The van der Waals surface area contributed by atoms with Gasteiger partial charge in [0, 0.05) is 20.5 Å². The summed E-state index contributed by atoms with van der Waals surface area (Å²) in [5, 5.41) is 1.76. The number of nitrogens with zero attached hydrogens (tertiary/aromatic N) is 1. The molecule has 0 bridgehead atoms. The minimum atomic E-state index is -2.21. The number of alkyl carbamates (subject to hydrolysis) is 1. The number of carbonyl (C=O) groups excluding carboxylic acids is 3. The van der Waals surface area contributed by atoms with Crippen LogP contribution in [0.1, 0.15) is 34.1 Å². The predicted octanol–water partition coefficient (Wildman–Crippen LogP) is 1.06. The van der Waals surface area contributed by atoms with E-state index in [0.717, 1.165) is 4.90 Å². The van der Waals surface area contributed by atoms with Gasteiger partial charge in [-0.1, -0.05) is 6.08 Å². The average Bonchev–Trinajstić information content (AvgIpc) is 3.09. The number of rotatable bonds is 2. The lowest BCUT2D eigenvalue weighted by Crippen LogP contribution is -2.52. The monoisotopic (exact) mass is 345 g/mol. The maximum absolute atomic E-state index is 12.3. The highest BCUT2D eigenvalue weighted by Crippen LogP contribution is 2.43. The molecule has 1 aliphatic carbocycles. The minimum absolute atomic E-state index is 0.280. The second kappa shape index (κ2) is 6.69. The van der Waals surface area contributed by atoms with Crippen molar-refractivity contribution in [3.63, 3.8) is 0 Å². The number of carbonyl (C=O) groups is 3. The van der Waals surface area contributed by atoms with Gasteiger partial charge in [0.05, 0.1) is 0 Å². The minimum Gasteiger partial charge on any atom is -0.444 e. The van der Waals surface area contributed by atoms with E-state index in [2.05, 4.69) is 10.0 Å². The van der Waals surface area contributed by atoms with Gasteiger partial charge in [0.25, 0.3) is 5.91 Å². The molecule has 1 fully saturated rings.